The maximum Gasteiger partial charge on any atom is 0.228 e. The van der Waals surface area contributed by atoms with Gasteiger partial charge in [0.1, 0.15) is 0 Å². The van der Waals surface area contributed by atoms with Gasteiger partial charge in [-0.05, 0) is 12.0 Å². The molecule has 17 heavy (non-hydrogen) atoms. The van der Waals surface area contributed by atoms with Gasteiger partial charge in [0.2, 0.25) is 5.91 Å². The van der Waals surface area contributed by atoms with Crippen LogP contribution in [0.15, 0.2) is 30.3 Å². The summed E-state index contributed by atoms with van der Waals surface area (Å²) in [6.45, 7) is 9.57. The van der Waals surface area contributed by atoms with Crippen LogP contribution in [0.3, 0.4) is 0 Å². The quantitative estimate of drug-likeness (QED) is 0.779. The van der Waals surface area contributed by atoms with Gasteiger partial charge >= 0.3 is 0 Å². The summed E-state index contributed by atoms with van der Waals surface area (Å²) in [5.41, 5.74) is 0.891. The topological polar surface area (TPSA) is 20.3 Å². The van der Waals surface area contributed by atoms with Crippen molar-refractivity contribution >= 4 is 5.91 Å². The average Bonchev–Trinajstić information content (AvgIpc) is 2.28. The second-order valence-electron chi connectivity index (χ2n) is 5.46. The monoisotopic (exact) mass is 233 g/mol. The lowest BCUT2D eigenvalue weighted by atomic mass is 9.94. The molecule has 1 rings (SSSR count). The number of benzene rings is 1. The Balaban J connectivity index is 2.77. The van der Waals surface area contributed by atoms with Gasteiger partial charge in [0, 0.05) is 18.5 Å². The van der Waals surface area contributed by atoms with Gasteiger partial charge in [-0.2, -0.15) is 0 Å². The average molecular weight is 233 g/mol. The van der Waals surface area contributed by atoms with E-state index in [4.69, 9.17) is 0 Å². The third-order valence-corrected chi connectivity index (χ3v) is 2.64. The molecular weight excluding hydrogens is 210 g/mol. The summed E-state index contributed by atoms with van der Waals surface area (Å²) in [4.78, 5) is 14.2. The normalized spacial score (nSPS) is 11.3. The number of hydrogen-bond acceptors (Lipinski definition) is 1. The standard InChI is InChI=1S/C15H23NO/c1-5-11-16(14(17)15(2,3)4)12-13-9-7-6-8-10-13/h6-10H,5,11-12H2,1-4H3. The molecular formula is C15H23NO. The first-order valence-electron chi connectivity index (χ1n) is 6.28. The fourth-order valence-corrected chi connectivity index (χ4v) is 1.80. The highest BCUT2D eigenvalue weighted by Crippen LogP contribution is 2.19. The van der Waals surface area contributed by atoms with Gasteiger partial charge in [0.05, 0.1) is 0 Å². The van der Waals surface area contributed by atoms with E-state index in [2.05, 4.69) is 19.1 Å². The lowest BCUT2D eigenvalue weighted by molar-refractivity contribution is -0.140. The maximum absolute atomic E-state index is 12.3. The predicted octanol–water partition coefficient (Wildman–Crippen LogP) is 3.47. The zero-order chi connectivity index (χ0) is 12.9. The number of carbonyl (C=O) groups is 1. The molecule has 0 bridgehead atoms. The Morgan fingerprint density at radius 2 is 1.76 bits per heavy atom. The largest absolute Gasteiger partial charge is 0.338 e. The zero-order valence-corrected chi connectivity index (χ0v) is 11.4. The number of carbonyl (C=O) groups excluding carboxylic acids is 1. The fraction of sp³-hybridized carbons (Fsp3) is 0.533. The van der Waals surface area contributed by atoms with Gasteiger partial charge in [-0.15, -0.1) is 0 Å². The molecule has 0 saturated heterocycles. The molecule has 0 unspecified atom stereocenters. The van der Waals surface area contributed by atoms with E-state index >= 15 is 0 Å². The Kier molecular flexibility index (Phi) is 4.73. The SMILES string of the molecule is CCCN(Cc1ccccc1)C(=O)C(C)(C)C. The molecule has 1 aromatic carbocycles. The van der Waals surface area contributed by atoms with Gasteiger partial charge in [-0.1, -0.05) is 58.0 Å². The highest BCUT2D eigenvalue weighted by atomic mass is 16.2. The molecule has 0 saturated carbocycles. The molecule has 94 valence electrons. The molecule has 0 N–H and O–H groups in total. The van der Waals surface area contributed by atoms with Crippen LogP contribution >= 0.6 is 0 Å². The van der Waals surface area contributed by atoms with E-state index in [0.29, 0.717) is 6.54 Å². The van der Waals surface area contributed by atoms with Crippen molar-refractivity contribution in [2.45, 2.75) is 40.7 Å². The minimum Gasteiger partial charge on any atom is -0.338 e. The Morgan fingerprint density at radius 1 is 1.18 bits per heavy atom. The molecule has 0 aromatic heterocycles. The second-order valence-corrected chi connectivity index (χ2v) is 5.46. The highest BCUT2D eigenvalue weighted by molar-refractivity contribution is 5.81. The lowest BCUT2D eigenvalue weighted by Gasteiger charge is -2.29. The number of rotatable bonds is 4. The summed E-state index contributed by atoms with van der Waals surface area (Å²) >= 11 is 0. The minimum absolute atomic E-state index is 0.225. The van der Waals surface area contributed by atoms with Crippen molar-refractivity contribution in [1.82, 2.24) is 4.90 Å². The van der Waals surface area contributed by atoms with E-state index in [0.717, 1.165) is 13.0 Å². The number of hydrogen-bond donors (Lipinski definition) is 0. The zero-order valence-electron chi connectivity index (χ0n) is 11.4. The lowest BCUT2D eigenvalue weighted by Crippen LogP contribution is -2.39. The van der Waals surface area contributed by atoms with Crippen LogP contribution in [0.4, 0.5) is 0 Å². The molecule has 1 aromatic rings. The number of amides is 1. The van der Waals surface area contributed by atoms with Crippen molar-refractivity contribution in [3.63, 3.8) is 0 Å². The van der Waals surface area contributed by atoms with E-state index in [1.165, 1.54) is 5.56 Å². The third kappa shape index (κ3) is 4.22. The Morgan fingerprint density at radius 3 is 2.24 bits per heavy atom. The highest BCUT2D eigenvalue weighted by Gasteiger charge is 2.26. The van der Waals surface area contributed by atoms with E-state index in [9.17, 15) is 4.79 Å². The Hall–Kier alpha value is -1.31. The van der Waals surface area contributed by atoms with Crippen LogP contribution in [0, 0.1) is 5.41 Å². The van der Waals surface area contributed by atoms with Crippen LogP contribution in [-0.2, 0) is 11.3 Å². The van der Waals surface area contributed by atoms with E-state index in [-0.39, 0.29) is 11.3 Å². The first kappa shape index (κ1) is 13.8. The van der Waals surface area contributed by atoms with E-state index < -0.39 is 0 Å². The van der Waals surface area contributed by atoms with Crippen molar-refractivity contribution in [3.05, 3.63) is 35.9 Å². The van der Waals surface area contributed by atoms with Gasteiger partial charge < -0.3 is 4.90 Å². The fourth-order valence-electron chi connectivity index (χ4n) is 1.80. The van der Waals surface area contributed by atoms with Gasteiger partial charge in [0.15, 0.2) is 0 Å². The molecule has 2 nitrogen and oxygen atoms in total. The van der Waals surface area contributed by atoms with Crippen molar-refractivity contribution < 1.29 is 4.79 Å². The van der Waals surface area contributed by atoms with Crippen LogP contribution in [-0.4, -0.2) is 17.4 Å². The van der Waals surface area contributed by atoms with Crippen LogP contribution in [0.25, 0.3) is 0 Å². The Labute approximate surface area is 105 Å². The second kappa shape index (κ2) is 5.85. The van der Waals surface area contributed by atoms with E-state index in [1.54, 1.807) is 0 Å². The molecule has 0 aliphatic carbocycles. The first-order valence-corrected chi connectivity index (χ1v) is 6.28. The summed E-state index contributed by atoms with van der Waals surface area (Å²) < 4.78 is 0. The van der Waals surface area contributed by atoms with Crippen molar-refractivity contribution in [2.24, 2.45) is 5.41 Å². The Bertz CT molecular complexity index is 351. The van der Waals surface area contributed by atoms with Gasteiger partial charge in [0.25, 0.3) is 0 Å². The maximum atomic E-state index is 12.3. The summed E-state index contributed by atoms with van der Waals surface area (Å²) in [6.07, 6.45) is 0.995. The summed E-state index contributed by atoms with van der Waals surface area (Å²) in [7, 11) is 0. The van der Waals surface area contributed by atoms with Crippen molar-refractivity contribution in [3.8, 4) is 0 Å². The summed E-state index contributed by atoms with van der Waals surface area (Å²) in [5.74, 6) is 0.225. The van der Waals surface area contributed by atoms with Gasteiger partial charge in [-0.25, -0.2) is 0 Å². The van der Waals surface area contributed by atoms with Gasteiger partial charge in [-0.3, -0.25) is 4.79 Å². The van der Waals surface area contributed by atoms with E-state index in [1.807, 2.05) is 43.9 Å². The first-order chi connectivity index (χ1) is 7.95. The molecule has 0 radical (unpaired) electrons. The van der Waals surface area contributed by atoms with Crippen molar-refractivity contribution in [1.29, 1.82) is 0 Å². The molecule has 0 aliphatic heterocycles. The third-order valence-electron chi connectivity index (χ3n) is 2.64. The molecule has 1 amide bonds. The predicted molar refractivity (Wildman–Crippen MR) is 71.6 cm³/mol. The van der Waals surface area contributed by atoms with Crippen molar-refractivity contribution in [2.75, 3.05) is 6.54 Å². The van der Waals surface area contributed by atoms with Crippen LogP contribution in [0.2, 0.25) is 0 Å². The summed E-state index contributed by atoms with van der Waals surface area (Å²) in [5, 5.41) is 0. The number of nitrogens with zero attached hydrogens (tertiary/aromatic N) is 1. The molecule has 0 aliphatic rings. The molecule has 0 heterocycles. The molecule has 0 spiro atoms. The molecule has 0 atom stereocenters. The van der Waals surface area contributed by atoms with Crippen LogP contribution in [0.1, 0.15) is 39.7 Å². The van der Waals surface area contributed by atoms with Crippen LogP contribution in [0.5, 0.6) is 0 Å². The molecule has 2 heteroatoms. The van der Waals surface area contributed by atoms with Crippen LogP contribution < -0.4 is 0 Å². The minimum atomic E-state index is -0.302. The summed E-state index contributed by atoms with van der Waals surface area (Å²) in [6, 6.07) is 10.2. The smallest absolute Gasteiger partial charge is 0.228 e. The molecule has 0 fully saturated rings.